The van der Waals surface area contributed by atoms with Gasteiger partial charge < -0.3 is 29.4 Å². The number of carbonyl (C=O) groups is 3. The molecular weight excluding hydrogens is 598 g/mol. The highest BCUT2D eigenvalue weighted by molar-refractivity contribution is 6.30. The lowest BCUT2D eigenvalue weighted by molar-refractivity contribution is -0.139. The summed E-state index contributed by atoms with van der Waals surface area (Å²) >= 11 is 6.17. The van der Waals surface area contributed by atoms with E-state index < -0.39 is 23.9 Å². The number of fused-ring (bicyclic) bond motifs is 1. The van der Waals surface area contributed by atoms with E-state index in [1.165, 1.54) is 7.11 Å². The van der Waals surface area contributed by atoms with Crippen molar-refractivity contribution in [3.63, 3.8) is 0 Å². The van der Waals surface area contributed by atoms with Crippen LogP contribution in [0, 0.1) is 0 Å². The molecule has 3 amide bonds. The van der Waals surface area contributed by atoms with E-state index in [2.05, 4.69) is 25.7 Å². The summed E-state index contributed by atoms with van der Waals surface area (Å²) in [4.78, 5) is 37.4. The van der Waals surface area contributed by atoms with Crippen LogP contribution in [0.3, 0.4) is 0 Å². The average molecular weight is 630 g/mol. The molecule has 0 fully saturated rings. The fourth-order valence-electron chi connectivity index (χ4n) is 5.10. The lowest BCUT2D eigenvalue weighted by atomic mass is 9.95. The molecule has 0 spiro atoms. The van der Waals surface area contributed by atoms with Gasteiger partial charge in [-0.05, 0) is 55.3 Å². The van der Waals surface area contributed by atoms with Crippen LogP contribution in [0.25, 0.3) is 10.9 Å². The number of urea groups is 1. The number of rotatable bonds is 11. The minimum atomic E-state index is -0.769. The van der Waals surface area contributed by atoms with Crippen LogP contribution in [0.5, 0.6) is 11.5 Å². The number of benzene rings is 3. The van der Waals surface area contributed by atoms with Crippen LogP contribution in [0.1, 0.15) is 36.6 Å². The summed E-state index contributed by atoms with van der Waals surface area (Å²) in [5.41, 5.74) is 6.66. The molecule has 4 aromatic rings. The fourth-order valence-corrected chi connectivity index (χ4v) is 5.31. The zero-order chi connectivity index (χ0) is 31.9. The van der Waals surface area contributed by atoms with Crippen molar-refractivity contribution in [1.29, 1.82) is 0 Å². The van der Waals surface area contributed by atoms with Crippen molar-refractivity contribution in [1.82, 2.24) is 20.6 Å². The first-order valence-corrected chi connectivity index (χ1v) is 14.6. The molecule has 12 heteroatoms. The maximum Gasteiger partial charge on any atom is 0.338 e. The Morgan fingerprint density at radius 1 is 1.09 bits per heavy atom. The van der Waals surface area contributed by atoms with Gasteiger partial charge in [0.2, 0.25) is 0 Å². The maximum absolute atomic E-state index is 12.6. The van der Waals surface area contributed by atoms with E-state index in [0.717, 1.165) is 22.0 Å². The van der Waals surface area contributed by atoms with Crippen LogP contribution in [0.4, 0.5) is 4.79 Å². The third-order valence-corrected chi connectivity index (χ3v) is 7.33. The van der Waals surface area contributed by atoms with Gasteiger partial charge in [0.25, 0.3) is 5.91 Å². The number of amides is 3. The molecule has 0 aliphatic carbocycles. The molecule has 45 heavy (non-hydrogen) atoms. The van der Waals surface area contributed by atoms with Crippen molar-refractivity contribution in [2.45, 2.75) is 26.4 Å². The molecule has 0 saturated heterocycles. The van der Waals surface area contributed by atoms with Gasteiger partial charge in [-0.1, -0.05) is 48.0 Å². The Kier molecular flexibility index (Phi) is 9.69. The van der Waals surface area contributed by atoms with Gasteiger partial charge in [0.1, 0.15) is 0 Å². The SMILES string of the molecule is CCOC(=O)C1=C(C)NC(=O)N[C@H]1c1ccc(OCC(=O)N/N=C/c2cn(Cc3cccc(Cl)c3)c3ccccc23)c(OC)c1. The molecular formula is C33H32ClN5O6. The summed E-state index contributed by atoms with van der Waals surface area (Å²) in [6.45, 7) is 3.82. The average Bonchev–Trinajstić information content (AvgIpc) is 3.36. The van der Waals surface area contributed by atoms with Crippen LogP contribution in [0.15, 0.2) is 89.3 Å². The Balaban J connectivity index is 1.25. The van der Waals surface area contributed by atoms with Crippen LogP contribution in [0.2, 0.25) is 5.02 Å². The molecule has 1 atom stereocenters. The Morgan fingerprint density at radius 3 is 2.69 bits per heavy atom. The standard InChI is InChI=1S/C33H32ClN5O6/c1-4-44-32(41)30-20(2)36-33(42)37-31(30)22-12-13-27(28(15-22)43-3)45-19-29(40)38-35-16-23-18-39(26-11-6-5-10-25(23)26)17-21-8-7-9-24(34)14-21/h5-16,18,31H,4,17,19H2,1-3H3,(H,38,40)(H2,36,37,42)/b35-16+/t31-/m0/s1. The van der Waals surface area contributed by atoms with E-state index >= 15 is 0 Å². The van der Waals surface area contributed by atoms with Crippen molar-refractivity contribution >= 4 is 46.6 Å². The zero-order valence-electron chi connectivity index (χ0n) is 24.9. The second-order valence-corrected chi connectivity index (χ2v) is 10.6. The molecule has 3 aromatic carbocycles. The van der Waals surface area contributed by atoms with Crippen molar-refractivity contribution in [2.24, 2.45) is 5.10 Å². The second-order valence-electron chi connectivity index (χ2n) is 10.1. The van der Waals surface area contributed by atoms with Crippen LogP contribution >= 0.6 is 11.6 Å². The van der Waals surface area contributed by atoms with Crippen molar-refractivity contribution < 1.29 is 28.6 Å². The lowest BCUT2D eigenvalue weighted by Gasteiger charge is -2.28. The molecule has 5 rings (SSSR count). The number of para-hydroxylation sites is 1. The molecule has 3 N–H and O–H groups in total. The van der Waals surface area contributed by atoms with E-state index in [1.807, 2.05) is 54.7 Å². The summed E-state index contributed by atoms with van der Waals surface area (Å²) in [5.74, 6) is -0.420. The maximum atomic E-state index is 12.6. The molecule has 1 aliphatic rings. The number of ether oxygens (including phenoxy) is 3. The minimum Gasteiger partial charge on any atom is -0.493 e. The van der Waals surface area contributed by atoms with Crippen molar-refractivity contribution in [3.05, 3.63) is 106 Å². The highest BCUT2D eigenvalue weighted by Gasteiger charge is 2.32. The zero-order valence-corrected chi connectivity index (χ0v) is 25.7. The van der Waals surface area contributed by atoms with Crippen LogP contribution in [-0.2, 0) is 20.9 Å². The number of hydrogen-bond acceptors (Lipinski definition) is 7. The first-order valence-electron chi connectivity index (χ1n) is 14.2. The van der Waals surface area contributed by atoms with Gasteiger partial charge in [0, 0.05) is 39.9 Å². The predicted octanol–water partition coefficient (Wildman–Crippen LogP) is 5.07. The lowest BCUT2D eigenvalue weighted by Crippen LogP contribution is -2.45. The smallest absolute Gasteiger partial charge is 0.338 e. The molecule has 0 saturated carbocycles. The minimum absolute atomic E-state index is 0.186. The molecule has 1 aromatic heterocycles. The van der Waals surface area contributed by atoms with Crippen LogP contribution in [-0.4, -0.2) is 49.0 Å². The predicted molar refractivity (Wildman–Crippen MR) is 170 cm³/mol. The summed E-state index contributed by atoms with van der Waals surface area (Å²) in [6, 6.07) is 19.3. The first-order chi connectivity index (χ1) is 21.8. The van der Waals surface area contributed by atoms with E-state index in [0.29, 0.717) is 34.3 Å². The summed E-state index contributed by atoms with van der Waals surface area (Å²) < 4.78 is 18.5. The summed E-state index contributed by atoms with van der Waals surface area (Å²) in [5, 5.41) is 11.2. The number of carbonyl (C=O) groups excluding carboxylic acids is 3. The van der Waals surface area contributed by atoms with E-state index in [-0.39, 0.29) is 18.8 Å². The fraction of sp³-hybridized carbons (Fsp3) is 0.212. The molecule has 0 radical (unpaired) electrons. The Morgan fingerprint density at radius 2 is 1.91 bits per heavy atom. The molecule has 2 heterocycles. The van der Waals surface area contributed by atoms with E-state index in [4.69, 9.17) is 25.8 Å². The third-order valence-electron chi connectivity index (χ3n) is 7.10. The van der Waals surface area contributed by atoms with Gasteiger partial charge in [-0.2, -0.15) is 5.10 Å². The Bertz CT molecular complexity index is 1810. The molecule has 232 valence electrons. The number of methoxy groups -OCH3 is 1. The van der Waals surface area contributed by atoms with Crippen molar-refractivity contribution in [3.8, 4) is 11.5 Å². The van der Waals surface area contributed by atoms with E-state index in [1.54, 1.807) is 38.3 Å². The van der Waals surface area contributed by atoms with Gasteiger partial charge in [-0.3, -0.25) is 4.79 Å². The van der Waals surface area contributed by atoms with Gasteiger partial charge >= 0.3 is 12.0 Å². The van der Waals surface area contributed by atoms with Gasteiger partial charge in [0.05, 0.1) is 31.5 Å². The highest BCUT2D eigenvalue weighted by Crippen LogP contribution is 2.34. The number of esters is 1. The molecule has 11 nitrogen and oxygen atoms in total. The van der Waals surface area contributed by atoms with Gasteiger partial charge in [0.15, 0.2) is 18.1 Å². The number of hydrogen-bond donors (Lipinski definition) is 3. The molecule has 0 unspecified atom stereocenters. The number of hydrazone groups is 1. The van der Waals surface area contributed by atoms with Gasteiger partial charge in [-0.15, -0.1) is 0 Å². The summed E-state index contributed by atoms with van der Waals surface area (Å²) in [6.07, 6.45) is 3.56. The van der Waals surface area contributed by atoms with E-state index in [9.17, 15) is 14.4 Å². The number of allylic oxidation sites excluding steroid dienone is 1. The third kappa shape index (κ3) is 7.27. The normalized spacial score (nSPS) is 14.7. The topological polar surface area (TPSA) is 132 Å². The molecule has 0 bridgehead atoms. The summed E-state index contributed by atoms with van der Waals surface area (Å²) in [7, 11) is 1.45. The second kappa shape index (κ2) is 14.0. The first kappa shape index (κ1) is 31.1. The number of nitrogens with one attached hydrogen (secondary N) is 3. The number of halogens is 1. The monoisotopic (exact) mass is 629 g/mol. The Hall–Kier alpha value is -5.29. The highest BCUT2D eigenvalue weighted by atomic mass is 35.5. The molecule has 1 aliphatic heterocycles. The number of nitrogens with zero attached hydrogens (tertiary/aromatic N) is 2. The Labute approximate surface area is 264 Å². The quantitative estimate of drug-likeness (QED) is 0.121. The van der Waals surface area contributed by atoms with Crippen molar-refractivity contribution in [2.75, 3.05) is 20.3 Å². The van der Waals surface area contributed by atoms with Gasteiger partial charge in [-0.25, -0.2) is 15.0 Å². The largest absolute Gasteiger partial charge is 0.493 e. The number of aromatic nitrogens is 1. The van der Waals surface area contributed by atoms with Crippen LogP contribution < -0.4 is 25.5 Å².